The van der Waals surface area contributed by atoms with Gasteiger partial charge in [-0.3, -0.25) is 4.79 Å². The summed E-state index contributed by atoms with van der Waals surface area (Å²) in [5, 5.41) is 6.44. The number of carbonyl (C=O) groups is 1. The van der Waals surface area contributed by atoms with Gasteiger partial charge in [0.2, 0.25) is 0 Å². The van der Waals surface area contributed by atoms with Crippen molar-refractivity contribution in [2.45, 2.75) is 28.9 Å². The quantitative estimate of drug-likeness (QED) is 0.523. The molecular formula is C19H18F3N5O5S2. The molecule has 2 heterocycles. The molecule has 0 radical (unpaired) electrons. The van der Waals surface area contributed by atoms with Gasteiger partial charge in [0.15, 0.2) is 31.3 Å². The number of benzene rings is 1. The number of nitrogens with one attached hydrogen (secondary N) is 1. The molecule has 10 nitrogen and oxygen atoms in total. The molecule has 3 aromatic rings. The van der Waals surface area contributed by atoms with E-state index in [1.54, 1.807) is 0 Å². The number of rotatable bonds is 6. The van der Waals surface area contributed by atoms with E-state index in [1.165, 1.54) is 23.7 Å². The molecule has 15 heteroatoms. The van der Waals surface area contributed by atoms with Crippen LogP contribution in [0.5, 0.6) is 0 Å². The number of halogens is 3. The standard InChI is InChI=1S/C19H18F3N5O5S2/c1-11(17-24-10-25-27(17)16-5-4-14(9-23-16)33(2,29)30)26-18(28)12-6-13(19(20,21)22)8-15(7-12)34(3,31)32/h4-11H,1-3H3,(H,26,28)/t11-/m0/s1. The van der Waals surface area contributed by atoms with E-state index in [0.717, 1.165) is 31.1 Å². The highest BCUT2D eigenvalue weighted by Crippen LogP contribution is 2.32. The predicted octanol–water partition coefficient (Wildman–Crippen LogP) is 1.98. The van der Waals surface area contributed by atoms with Gasteiger partial charge in [-0.2, -0.15) is 23.0 Å². The van der Waals surface area contributed by atoms with Gasteiger partial charge in [0, 0.05) is 24.3 Å². The maximum Gasteiger partial charge on any atom is 0.416 e. The van der Waals surface area contributed by atoms with E-state index in [1.807, 2.05) is 0 Å². The molecule has 0 aliphatic heterocycles. The second kappa shape index (κ2) is 8.79. The van der Waals surface area contributed by atoms with Crippen molar-refractivity contribution in [1.82, 2.24) is 25.1 Å². The summed E-state index contributed by atoms with van der Waals surface area (Å²) >= 11 is 0. The lowest BCUT2D eigenvalue weighted by Gasteiger charge is -2.16. The fourth-order valence-electron chi connectivity index (χ4n) is 2.89. The summed E-state index contributed by atoms with van der Waals surface area (Å²) in [5.74, 6) is -0.652. The Balaban J connectivity index is 1.91. The van der Waals surface area contributed by atoms with Gasteiger partial charge in [0.1, 0.15) is 6.33 Å². The van der Waals surface area contributed by atoms with Crippen LogP contribution in [-0.2, 0) is 25.9 Å². The molecule has 0 spiro atoms. The Bertz CT molecular complexity index is 1450. The summed E-state index contributed by atoms with van der Waals surface area (Å²) in [7, 11) is -7.50. The van der Waals surface area contributed by atoms with Crippen molar-refractivity contribution in [3.05, 3.63) is 59.8 Å². The molecule has 1 N–H and O–H groups in total. The van der Waals surface area contributed by atoms with E-state index in [9.17, 15) is 34.8 Å². The van der Waals surface area contributed by atoms with Gasteiger partial charge in [-0.05, 0) is 37.3 Å². The Kier molecular flexibility index (Phi) is 6.54. The Hall–Kier alpha value is -3.33. The highest BCUT2D eigenvalue weighted by Gasteiger charge is 2.33. The molecule has 0 aliphatic rings. The fraction of sp³-hybridized carbons (Fsp3) is 0.263. The summed E-state index contributed by atoms with van der Waals surface area (Å²) in [4.78, 5) is 20.1. The van der Waals surface area contributed by atoms with Crippen LogP contribution in [0.25, 0.3) is 5.82 Å². The number of amides is 1. The zero-order valence-electron chi connectivity index (χ0n) is 17.9. The van der Waals surface area contributed by atoms with Crippen molar-refractivity contribution in [1.29, 1.82) is 0 Å². The maximum atomic E-state index is 13.2. The molecule has 0 saturated carbocycles. The molecule has 2 aromatic heterocycles. The molecule has 0 fully saturated rings. The maximum absolute atomic E-state index is 13.2. The summed E-state index contributed by atoms with van der Waals surface area (Å²) in [6.45, 7) is 1.48. The highest BCUT2D eigenvalue weighted by molar-refractivity contribution is 7.91. The zero-order valence-corrected chi connectivity index (χ0v) is 19.5. The molecule has 0 saturated heterocycles. The van der Waals surface area contributed by atoms with Gasteiger partial charge in [-0.25, -0.2) is 26.8 Å². The topological polar surface area (TPSA) is 141 Å². The first-order valence-corrected chi connectivity index (χ1v) is 13.2. The first-order valence-electron chi connectivity index (χ1n) is 9.37. The number of hydrogen-bond acceptors (Lipinski definition) is 8. The minimum absolute atomic E-state index is 0.0227. The molecule has 1 atom stereocenters. The Labute approximate surface area is 192 Å². The number of sulfone groups is 2. The summed E-state index contributed by atoms with van der Waals surface area (Å²) in [6, 6.07) is 3.63. The van der Waals surface area contributed by atoms with Crippen LogP contribution in [0.2, 0.25) is 0 Å². The first-order chi connectivity index (χ1) is 15.6. The van der Waals surface area contributed by atoms with E-state index in [0.29, 0.717) is 12.1 Å². The van der Waals surface area contributed by atoms with Crippen LogP contribution in [0.3, 0.4) is 0 Å². The van der Waals surface area contributed by atoms with Crippen molar-refractivity contribution in [2.75, 3.05) is 12.5 Å². The number of pyridine rings is 1. The highest BCUT2D eigenvalue weighted by atomic mass is 32.2. The van der Waals surface area contributed by atoms with Crippen LogP contribution in [-0.4, -0.2) is 55.0 Å². The van der Waals surface area contributed by atoms with Gasteiger partial charge in [0.05, 0.1) is 21.4 Å². The van der Waals surface area contributed by atoms with Crippen LogP contribution < -0.4 is 5.32 Å². The molecule has 3 rings (SSSR count). The van der Waals surface area contributed by atoms with Gasteiger partial charge in [-0.1, -0.05) is 0 Å². The average molecular weight is 518 g/mol. The second-order valence-corrected chi connectivity index (χ2v) is 11.4. The molecular weight excluding hydrogens is 499 g/mol. The first kappa shape index (κ1) is 25.3. The zero-order chi connectivity index (χ0) is 25.5. The molecule has 0 bridgehead atoms. The summed E-state index contributed by atoms with van der Waals surface area (Å²) < 4.78 is 87.8. The minimum Gasteiger partial charge on any atom is -0.342 e. The van der Waals surface area contributed by atoms with Gasteiger partial charge < -0.3 is 5.32 Å². The molecule has 34 heavy (non-hydrogen) atoms. The largest absolute Gasteiger partial charge is 0.416 e. The lowest BCUT2D eigenvalue weighted by Crippen LogP contribution is -2.29. The molecule has 1 aromatic carbocycles. The lowest BCUT2D eigenvalue weighted by atomic mass is 10.1. The van der Waals surface area contributed by atoms with E-state index in [4.69, 9.17) is 0 Å². The number of nitrogens with zero attached hydrogens (tertiary/aromatic N) is 4. The third-order valence-electron chi connectivity index (χ3n) is 4.60. The van der Waals surface area contributed by atoms with Crippen molar-refractivity contribution in [3.63, 3.8) is 0 Å². The van der Waals surface area contributed by atoms with Crippen molar-refractivity contribution in [2.24, 2.45) is 0 Å². The van der Waals surface area contributed by atoms with Crippen LogP contribution in [0.4, 0.5) is 13.2 Å². The molecule has 182 valence electrons. The van der Waals surface area contributed by atoms with E-state index < -0.39 is 53.8 Å². The van der Waals surface area contributed by atoms with Gasteiger partial charge in [-0.15, -0.1) is 0 Å². The number of hydrogen-bond donors (Lipinski definition) is 1. The molecule has 1 amide bonds. The smallest absolute Gasteiger partial charge is 0.342 e. The Morgan fingerprint density at radius 3 is 2.18 bits per heavy atom. The number of carbonyl (C=O) groups excluding carboxylic acids is 1. The second-order valence-electron chi connectivity index (χ2n) is 7.37. The third kappa shape index (κ3) is 5.59. The molecule has 0 aliphatic carbocycles. The Morgan fingerprint density at radius 1 is 1.00 bits per heavy atom. The van der Waals surface area contributed by atoms with Crippen LogP contribution in [0.15, 0.2) is 52.6 Å². The van der Waals surface area contributed by atoms with Crippen LogP contribution in [0.1, 0.15) is 34.7 Å². The summed E-state index contributed by atoms with van der Waals surface area (Å²) in [6.07, 6.45) is -0.848. The van der Waals surface area contributed by atoms with Gasteiger partial charge in [0.25, 0.3) is 5.91 Å². The minimum atomic E-state index is -4.87. The van der Waals surface area contributed by atoms with E-state index in [2.05, 4.69) is 20.4 Å². The Morgan fingerprint density at radius 2 is 1.65 bits per heavy atom. The van der Waals surface area contributed by atoms with Gasteiger partial charge >= 0.3 is 6.18 Å². The average Bonchev–Trinajstić information content (AvgIpc) is 3.21. The number of aromatic nitrogens is 4. The van der Waals surface area contributed by atoms with Crippen molar-refractivity contribution < 1.29 is 34.8 Å². The lowest BCUT2D eigenvalue weighted by molar-refractivity contribution is -0.137. The fourth-order valence-corrected chi connectivity index (χ4v) is 4.13. The van der Waals surface area contributed by atoms with Crippen molar-refractivity contribution in [3.8, 4) is 5.82 Å². The summed E-state index contributed by atoms with van der Waals surface area (Å²) in [5.41, 5.74) is -1.80. The van der Waals surface area contributed by atoms with E-state index >= 15 is 0 Å². The SMILES string of the molecule is C[C@H](NC(=O)c1cc(C(F)(F)F)cc(S(C)(=O)=O)c1)c1ncnn1-c1ccc(S(C)(=O)=O)cn1. The third-order valence-corrected chi connectivity index (χ3v) is 6.79. The van der Waals surface area contributed by atoms with Crippen LogP contribution >= 0.6 is 0 Å². The normalized spacial score (nSPS) is 13.5. The van der Waals surface area contributed by atoms with Crippen LogP contribution in [0, 0.1) is 0 Å². The molecule has 0 unspecified atom stereocenters. The van der Waals surface area contributed by atoms with E-state index in [-0.39, 0.29) is 16.5 Å². The number of alkyl halides is 3. The predicted molar refractivity (Wildman–Crippen MR) is 113 cm³/mol. The van der Waals surface area contributed by atoms with Crippen molar-refractivity contribution >= 4 is 25.6 Å². The monoisotopic (exact) mass is 517 g/mol.